The van der Waals surface area contributed by atoms with E-state index in [1.165, 1.54) is 0 Å². The maximum absolute atomic E-state index is 12.1. The number of nitrogens with one attached hydrogen (secondary N) is 1. The van der Waals surface area contributed by atoms with Crippen molar-refractivity contribution < 1.29 is 19.1 Å². The number of amides is 1. The largest absolute Gasteiger partial charge is 0.467 e. The standard InChI is InChI=1S/C14H22N2O4/c1-10-7-16(8-13(9-17)20-10)11(2)14(18)15-6-12-4-3-5-19-12/h3-5,10-11,13,17H,6-9H2,1-2H3,(H,15,18). The van der Waals surface area contributed by atoms with E-state index in [1.54, 1.807) is 12.3 Å². The van der Waals surface area contributed by atoms with Crippen molar-refractivity contribution in [1.82, 2.24) is 10.2 Å². The van der Waals surface area contributed by atoms with E-state index >= 15 is 0 Å². The zero-order valence-corrected chi connectivity index (χ0v) is 11.9. The van der Waals surface area contributed by atoms with Crippen LogP contribution in [-0.4, -0.2) is 53.9 Å². The van der Waals surface area contributed by atoms with E-state index in [4.69, 9.17) is 9.15 Å². The van der Waals surface area contributed by atoms with Crippen LogP contribution in [0.3, 0.4) is 0 Å². The van der Waals surface area contributed by atoms with Crippen molar-refractivity contribution in [2.75, 3.05) is 19.7 Å². The minimum atomic E-state index is -0.259. The van der Waals surface area contributed by atoms with E-state index in [1.807, 2.05) is 24.8 Å². The van der Waals surface area contributed by atoms with E-state index in [-0.39, 0.29) is 30.8 Å². The van der Waals surface area contributed by atoms with Gasteiger partial charge in [-0.3, -0.25) is 9.69 Å². The van der Waals surface area contributed by atoms with Crippen LogP contribution in [0.2, 0.25) is 0 Å². The first-order valence-corrected chi connectivity index (χ1v) is 6.90. The van der Waals surface area contributed by atoms with Gasteiger partial charge in [0.15, 0.2) is 0 Å². The van der Waals surface area contributed by atoms with Gasteiger partial charge in [-0.2, -0.15) is 0 Å². The molecule has 1 aliphatic heterocycles. The molecule has 1 aliphatic rings. The third-order valence-electron chi connectivity index (χ3n) is 3.50. The molecule has 0 aliphatic carbocycles. The molecule has 2 rings (SSSR count). The van der Waals surface area contributed by atoms with Crippen molar-refractivity contribution in [2.24, 2.45) is 0 Å². The Kier molecular flexibility index (Phi) is 5.17. The third kappa shape index (κ3) is 3.82. The lowest BCUT2D eigenvalue weighted by Crippen LogP contribution is -2.55. The summed E-state index contributed by atoms with van der Waals surface area (Å²) < 4.78 is 10.8. The molecule has 6 nitrogen and oxygen atoms in total. The van der Waals surface area contributed by atoms with E-state index in [9.17, 15) is 9.90 Å². The van der Waals surface area contributed by atoms with Crippen LogP contribution in [0.25, 0.3) is 0 Å². The summed E-state index contributed by atoms with van der Waals surface area (Å²) >= 11 is 0. The lowest BCUT2D eigenvalue weighted by atomic mass is 10.1. The van der Waals surface area contributed by atoms with E-state index in [0.717, 1.165) is 5.76 Å². The van der Waals surface area contributed by atoms with Gasteiger partial charge in [0, 0.05) is 13.1 Å². The zero-order chi connectivity index (χ0) is 14.5. The Morgan fingerprint density at radius 3 is 3.05 bits per heavy atom. The van der Waals surface area contributed by atoms with Gasteiger partial charge in [-0.1, -0.05) is 0 Å². The second kappa shape index (κ2) is 6.88. The number of morpholine rings is 1. The van der Waals surface area contributed by atoms with Crippen LogP contribution in [-0.2, 0) is 16.1 Å². The Balaban J connectivity index is 1.85. The average Bonchev–Trinajstić information content (AvgIpc) is 2.96. The summed E-state index contributed by atoms with van der Waals surface area (Å²) in [7, 11) is 0. The summed E-state index contributed by atoms with van der Waals surface area (Å²) in [5.74, 6) is 0.682. The van der Waals surface area contributed by atoms with Gasteiger partial charge in [0.1, 0.15) is 5.76 Å². The van der Waals surface area contributed by atoms with Gasteiger partial charge in [-0.05, 0) is 26.0 Å². The fourth-order valence-electron chi connectivity index (χ4n) is 2.40. The summed E-state index contributed by atoms with van der Waals surface area (Å²) in [5.41, 5.74) is 0. The van der Waals surface area contributed by atoms with Crippen LogP contribution in [0.15, 0.2) is 22.8 Å². The molecule has 20 heavy (non-hydrogen) atoms. The van der Waals surface area contributed by atoms with Crippen LogP contribution in [0, 0.1) is 0 Å². The summed E-state index contributed by atoms with van der Waals surface area (Å²) in [6, 6.07) is 3.36. The lowest BCUT2D eigenvalue weighted by molar-refractivity contribution is -0.135. The summed E-state index contributed by atoms with van der Waals surface area (Å²) in [6.45, 7) is 5.43. The minimum absolute atomic E-state index is 0.0150. The van der Waals surface area contributed by atoms with Crippen molar-refractivity contribution in [3.05, 3.63) is 24.2 Å². The van der Waals surface area contributed by atoms with Gasteiger partial charge >= 0.3 is 0 Å². The average molecular weight is 282 g/mol. The molecule has 0 aromatic carbocycles. The Bertz CT molecular complexity index is 421. The highest BCUT2D eigenvalue weighted by Gasteiger charge is 2.30. The van der Waals surface area contributed by atoms with E-state index < -0.39 is 0 Å². The highest BCUT2D eigenvalue weighted by molar-refractivity contribution is 5.81. The molecule has 3 unspecified atom stereocenters. The molecule has 112 valence electrons. The predicted molar refractivity (Wildman–Crippen MR) is 73.0 cm³/mol. The van der Waals surface area contributed by atoms with Gasteiger partial charge in [-0.25, -0.2) is 0 Å². The van der Waals surface area contributed by atoms with Gasteiger partial charge < -0.3 is 19.6 Å². The topological polar surface area (TPSA) is 74.9 Å². The molecule has 0 bridgehead atoms. The number of aliphatic hydroxyl groups excluding tert-OH is 1. The number of carbonyl (C=O) groups excluding carboxylic acids is 1. The fraction of sp³-hybridized carbons (Fsp3) is 0.643. The molecule has 1 aromatic rings. The molecule has 1 aromatic heterocycles. The highest BCUT2D eigenvalue weighted by Crippen LogP contribution is 2.14. The smallest absolute Gasteiger partial charge is 0.237 e. The number of rotatable bonds is 5. The molecule has 2 N–H and O–H groups in total. The Hall–Kier alpha value is -1.37. The van der Waals surface area contributed by atoms with Crippen LogP contribution >= 0.6 is 0 Å². The van der Waals surface area contributed by atoms with Gasteiger partial charge in [-0.15, -0.1) is 0 Å². The number of nitrogens with zero attached hydrogens (tertiary/aromatic N) is 1. The number of carbonyl (C=O) groups is 1. The summed E-state index contributed by atoms with van der Waals surface area (Å²) in [6.07, 6.45) is 1.38. The van der Waals surface area contributed by atoms with Crippen molar-refractivity contribution in [2.45, 2.75) is 38.6 Å². The molecule has 0 saturated carbocycles. The Labute approximate surface area is 118 Å². The molecule has 3 atom stereocenters. The first-order chi connectivity index (χ1) is 9.60. The zero-order valence-electron chi connectivity index (χ0n) is 11.9. The fourth-order valence-corrected chi connectivity index (χ4v) is 2.40. The molecule has 1 fully saturated rings. The van der Waals surface area contributed by atoms with E-state index in [2.05, 4.69) is 5.32 Å². The maximum Gasteiger partial charge on any atom is 0.237 e. The first kappa shape index (κ1) is 15.0. The third-order valence-corrected chi connectivity index (χ3v) is 3.50. The van der Waals surface area contributed by atoms with Gasteiger partial charge in [0.2, 0.25) is 5.91 Å². The van der Waals surface area contributed by atoms with Crippen molar-refractivity contribution in [1.29, 1.82) is 0 Å². The van der Waals surface area contributed by atoms with Crippen LogP contribution in [0.1, 0.15) is 19.6 Å². The molecule has 1 saturated heterocycles. The van der Waals surface area contributed by atoms with Crippen molar-refractivity contribution in [3.8, 4) is 0 Å². The van der Waals surface area contributed by atoms with Crippen molar-refractivity contribution >= 4 is 5.91 Å². The lowest BCUT2D eigenvalue weighted by Gasteiger charge is -2.38. The number of hydrogen-bond donors (Lipinski definition) is 2. The maximum atomic E-state index is 12.1. The molecule has 1 amide bonds. The Morgan fingerprint density at radius 2 is 2.40 bits per heavy atom. The van der Waals surface area contributed by atoms with Crippen molar-refractivity contribution in [3.63, 3.8) is 0 Å². The Morgan fingerprint density at radius 1 is 1.60 bits per heavy atom. The second-order valence-electron chi connectivity index (χ2n) is 5.18. The SMILES string of the molecule is CC1CN(C(C)C(=O)NCc2ccco2)CC(CO)O1. The molecular weight excluding hydrogens is 260 g/mol. The van der Waals surface area contributed by atoms with Gasteiger partial charge in [0.05, 0.1) is 37.7 Å². The minimum Gasteiger partial charge on any atom is -0.467 e. The number of hydrogen-bond acceptors (Lipinski definition) is 5. The molecule has 6 heteroatoms. The number of furan rings is 1. The van der Waals surface area contributed by atoms with E-state index in [0.29, 0.717) is 19.6 Å². The molecular formula is C14H22N2O4. The first-order valence-electron chi connectivity index (χ1n) is 6.90. The van der Waals surface area contributed by atoms with Crippen LogP contribution < -0.4 is 5.32 Å². The normalized spacial score (nSPS) is 25.4. The summed E-state index contributed by atoms with van der Waals surface area (Å²) in [4.78, 5) is 14.2. The number of ether oxygens (including phenoxy) is 1. The monoisotopic (exact) mass is 282 g/mol. The van der Waals surface area contributed by atoms with Gasteiger partial charge in [0.25, 0.3) is 0 Å². The predicted octanol–water partition coefficient (Wildman–Crippen LogP) is 0.366. The highest BCUT2D eigenvalue weighted by atomic mass is 16.5. The van der Waals surface area contributed by atoms with Crippen LogP contribution in [0.5, 0.6) is 0 Å². The molecule has 0 radical (unpaired) electrons. The number of aliphatic hydroxyl groups is 1. The summed E-state index contributed by atoms with van der Waals surface area (Å²) in [5, 5.41) is 12.1. The molecule has 2 heterocycles. The quantitative estimate of drug-likeness (QED) is 0.816. The molecule has 0 spiro atoms. The van der Waals surface area contributed by atoms with Crippen LogP contribution in [0.4, 0.5) is 0 Å². The second-order valence-corrected chi connectivity index (χ2v) is 5.18.